The maximum atomic E-state index is 14.1. The van der Waals surface area contributed by atoms with Crippen LogP contribution in [0, 0.1) is 5.82 Å². The molecule has 0 heterocycles. The molecule has 2 amide bonds. The topological polar surface area (TPSA) is 49.4 Å². The van der Waals surface area contributed by atoms with Gasteiger partial charge in [0.05, 0.1) is 6.42 Å². The van der Waals surface area contributed by atoms with Crippen molar-refractivity contribution in [1.82, 2.24) is 10.2 Å². The number of halogens is 3. The molecule has 1 atom stereocenters. The third-order valence-electron chi connectivity index (χ3n) is 4.37. The lowest BCUT2D eigenvalue weighted by Crippen LogP contribution is -2.48. The van der Waals surface area contributed by atoms with Crippen LogP contribution in [0.2, 0.25) is 10.0 Å². The minimum atomic E-state index is -0.760. The molecule has 0 saturated carbocycles. The van der Waals surface area contributed by atoms with E-state index in [1.165, 1.54) is 11.0 Å². The molecule has 0 aliphatic heterocycles. The third-order valence-corrected chi connectivity index (χ3v) is 4.96. The average Bonchev–Trinajstić information content (AvgIpc) is 2.67. The molecule has 1 N–H and O–H groups in total. The van der Waals surface area contributed by atoms with Crippen molar-refractivity contribution < 1.29 is 14.0 Å². The van der Waals surface area contributed by atoms with Gasteiger partial charge in [0.25, 0.3) is 0 Å². The molecule has 2 aromatic carbocycles. The van der Waals surface area contributed by atoms with Gasteiger partial charge in [-0.25, -0.2) is 4.39 Å². The second-order valence-corrected chi connectivity index (χ2v) is 7.34. The summed E-state index contributed by atoms with van der Waals surface area (Å²) in [6.45, 7) is 4.06. The van der Waals surface area contributed by atoms with E-state index in [1.807, 2.05) is 6.92 Å². The van der Waals surface area contributed by atoms with Crippen molar-refractivity contribution in [3.8, 4) is 0 Å². The maximum Gasteiger partial charge on any atom is 0.242 e. The number of carbonyl (C=O) groups is 2. The van der Waals surface area contributed by atoms with Crippen LogP contribution in [-0.2, 0) is 22.6 Å². The summed E-state index contributed by atoms with van der Waals surface area (Å²) >= 11 is 12.1. The van der Waals surface area contributed by atoms with Crippen LogP contribution in [0.3, 0.4) is 0 Å². The summed E-state index contributed by atoms with van der Waals surface area (Å²) in [6, 6.07) is 10.3. The van der Waals surface area contributed by atoms with Crippen LogP contribution in [0.5, 0.6) is 0 Å². The van der Waals surface area contributed by atoms with Crippen LogP contribution < -0.4 is 5.32 Å². The Bertz CT molecular complexity index is 845. The van der Waals surface area contributed by atoms with Gasteiger partial charge in [0.2, 0.25) is 11.8 Å². The first-order chi connectivity index (χ1) is 13.3. The molecule has 0 saturated heterocycles. The Labute approximate surface area is 174 Å². The molecule has 0 fully saturated rings. The lowest BCUT2D eigenvalue weighted by atomic mass is 10.1. The maximum absolute atomic E-state index is 14.1. The minimum absolute atomic E-state index is 0.0164. The summed E-state index contributed by atoms with van der Waals surface area (Å²) in [5, 5.41) is 3.62. The highest BCUT2D eigenvalue weighted by molar-refractivity contribution is 6.35. The quantitative estimate of drug-likeness (QED) is 0.671. The summed E-state index contributed by atoms with van der Waals surface area (Å²) in [7, 11) is 0. The van der Waals surface area contributed by atoms with E-state index in [2.05, 4.69) is 5.32 Å². The van der Waals surface area contributed by atoms with Crippen LogP contribution in [0.15, 0.2) is 42.5 Å². The number of nitrogens with one attached hydrogen (secondary N) is 1. The zero-order valence-corrected chi connectivity index (χ0v) is 17.4. The Kier molecular flexibility index (Phi) is 8.27. The fourth-order valence-electron chi connectivity index (χ4n) is 2.72. The summed E-state index contributed by atoms with van der Waals surface area (Å²) in [5.74, 6) is -1.04. The summed E-state index contributed by atoms with van der Waals surface area (Å²) in [4.78, 5) is 26.8. The van der Waals surface area contributed by atoms with Gasteiger partial charge < -0.3 is 10.2 Å². The molecular weight excluding hydrogens is 402 g/mol. The molecule has 28 heavy (non-hydrogen) atoms. The first-order valence-electron chi connectivity index (χ1n) is 9.08. The smallest absolute Gasteiger partial charge is 0.242 e. The lowest BCUT2D eigenvalue weighted by molar-refractivity contribution is -0.140. The van der Waals surface area contributed by atoms with E-state index in [0.29, 0.717) is 27.7 Å². The predicted molar refractivity (Wildman–Crippen MR) is 110 cm³/mol. The van der Waals surface area contributed by atoms with E-state index in [1.54, 1.807) is 43.3 Å². The molecule has 2 rings (SSSR count). The van der Waals surface area contributed by atoms with Gasteiger partial charge in [-0.2, -0.15) is 0 Å². The van der Waals surface area contributed by atoms with E-state index < -0.39 is 11.9 Å². The number of hydrogen-bond donors (Lipinski definition) is 1. The van der Waals surface area contributed by atoms with E-state index in [9.17, 15) is 14.0 Å². The SMILES string of the molecule is CCCNC(=O)[C@@H](C)N(Cc1ccccc1F)C(=O)Cc1ccc(Cl)cc1Cl. The van der Waals surface area contributed by atoms with Gasteiger partial charge in [-0.15, -0.1) is 0 Å². The second kappa shape index (κ2) is 10.4. The van der Waals surface area contributed by atoms with Crippen LogP contribution >= 0.6 is 23.2 Å². The molecule has 0 unspecified atom stereocenters. The highest BCUT2D eigenvalue weighted by Gasteiger charge is 2.27. The second-order valence-electron chi connectivity index (χ2n) is 6.49. The van der Waals surface area contributed by atoms with Crippen molar-refractivity contribution in [3.05, 3.63) is 69.5 Å². The first kappa shape index (κ1) is 22.2. The van der Waals surface area contributed by atoms with Crippen molar-refractivity contribution in [2.75, 3.05) is 6.54 Å². The lowest BCUT2D eigenvalue weighted by Gasteiger charge is -2.29. The average molecular weight is 425 g/mol. The van der Waals surface area contributed by atoms with Crippen molar-refractivity contribution in [1.29, 1.82) is 0 Å². The van der Waals surface area contributed by atoms with Crippen LogP contribution in [-0.4, -0.2) is 29.3 Å². The Morgan fingerprint density at radius 3 is 2.50 bits per heavy atom. The Morgan fingerprint density at radius 1 is 1.14 bits per heavy atom. The number of carbonyl (C=O) groups excluding carboxylic acids is 2. The highest BCUT2D eigenvalue weighted by atomic mass is 35.5. The molecule has 0 aliphatic carbocycles. The fraction of sp³-hybridized carbons (Fsp3) is 0.333. The number of nitrogens with zero attached hydrogens (tertiary/aromatic N) is 1. The number of rotatable bonds is 8. The summed E-state index contributed by atoms with van der Waals surface area (Å²) in [5.41, 5.74) is 0.934. The fourth-order valence-corrected chi connectivity index (χ4v) is 3.19. The van der Waals surface area contributed by atoms with Gasteiger partial charge in [-0.05, 0) is 37.1 Å². The molecule has 4 nitrogen and oxygen atoms in total. The van der Waals surface area contributed by atoms with Crippen molar-refractivity contribution in [2.24, 2.45) is 0 Å². The van der Waals surface area contributed by atoms with Crippen molar-refractivity contribution in [3.63, 3.8) is 0 Å². The van der Waals surface area contributed by atoms with Crippen LogP contribution in [0.1, 0.15) is 31.4 Å². The number of hydrogen-bond acceptors (Lipinski definition) is 2. The molecule has 0 aliphatic rings. The first-order valence-corrected chi connectivity index (χ1v) is 9.83. The third kappa shape index (κ3) is 5.94. The number of amides is 2. The van der Waals surface area contributed by atoms with Gasteiger partial charge >= 0.3 is 0 Å². The Balaban J connectivity index is 2.26. The molecule has 0 aromatic heterocycles. The normalized spacial score (nSPS) is 11.8. The van der Waals surface area contributed by atoms with Gasteiger partial charge in [0.1, 0.15) is 11.9 Å². The molecule has 0 bridgehead atoms. The molecule has 0 radical (unpaired) electrons. The van der Waals surface area contributed by atoms with Gasteiger partial charge in [-0.3, -0.25) is 9.59 Å². The van der Waals surface area contributed by atoms with Crippen molar-refractivity contribution >= 4 is 35.0 Å². The van der Waals surface area contributed by atoms with Crippen LogP contribution in [0.25, 0.3) is 0 Å². The predicted octanol–water partition coefficient (Wildman–Crippen LogP) is 4.62. The minimum Gasteiger partial charge on any atom is -0.354 e. The molecule has 0 spiro atoms. The van der Waals surface area contributed by atoms with E-state index in [0.717, 1.165) is 6.42 Å². The highest BCUT2D eigenvalue weighted by Crippen LogP contribution is 2.23. The summed E-state index contributed by atoms with van der Waals surface area (Å²) < 4.78 is 14.1. The number of benzene rings is 2. The zero-order valence-electron chi connectivity index (χ0n) is 15.8. The molecule has 7 heteroatoms. The molecular formula is C21H23Cl2FN2O2. The molecule has 150 valence electrons. The Morgan fingerprint density at radius 2 is 1.86 bits per heavy atom. The van der Waals surface area contributed by atoms with Gasteiger partial charge in [-0.1, -0.05) is 54.4 Å². The van der Waals surface area contributed by atoms with Crippen molar-refractivity contribution in [2.45, 2.75) is 39.3 Å². The monoisotopic (exact) mass is 424 g/mol. The largest absolute Gasteiger partial charge is 0.354 e. The van der Waals surface area contributed by atoms with Gasteiger partial charge in [0.15, 0.2) is 0 Å². The Hall–Kier alpha value is -2.11. The van der Waals surface area contributed by atoms with Crippen LogP contribution in [0.4, 0.5) is 4.39 Å². The standard InChI is InChI=1S/C21H23Cl2FN2O2/c1-3-10-25-21(28)14(2)26(13-16-6-4-5-7-19(16)24)20(27)11-15-8-9-17(22)12-18(15)23/h4-9,12,14H,3,10-11,13H2,1-2H3,(H,25,28)/t14-/m1/s1. The summed E-state index contributed by atoms with van der Waals surface area (Å²) in [6.07, 6.45) is 0.760. The van der Waals surface area contributed by atoms with E-state index >= 15 is 0 Å². The van der Waals surface area contributed by atoms with Gasteiger partial charge in [0, 0.05) is 28.7 Å². The molecule has 2 aromatic rings. The zero-order chi connectivity index (χ0) is 20.7. The van der Waals surface area contributed by atoms with E-state index in [4.69, 9.17) is 23.2 Å². The van der Waals surface area contributed by atoms with E-state index in [-0.39, 0.29) is 24.8 Å².